The third kappa shape index (κ3) is 9.00. The monoisotopic (exact) mass is 272 g/mol. The van der Waals surface area contributed by atoms with Crippen LogP contribution in [0.1, 0.15) is 41.0 Å². The van der Waals surface area contributed by atoms with E-state index in [1.54, 1.807) is 0 Å². The number of esters is 1. The molecule has 114 valence electrons. The summed E-state index contributed by atoms with van der Waals surface area (Å²) in [5.41, 5.74) is 0. The average Bonchev–Trinajstić information content (AvgIpc) is 2.31. The number of hydrogen-bond acceptors (Lipinski definition) is 4. The minimum Gasteiger partial charge on any atom is -0.468 e. The van der Waals surface area contributed by atoms with E-state index < -0.39 is 0 Å². The molecule has 0 aliphatic rings. The van der Waals surface area contributed by atoms with Crippen LogP contribution in [-0.4, -0.2) is 50.2 Å². The predicted octanol–water partition coefficient (Wildman–Crippen LogP) is 2.14. The van der Waals surface area contributed by atoms with Gasteiger partial charge >= 0.3 is 5.97 Å². The molecule has 19 heavy (non-hydrogen) atoms. The Bertz CT molecular complexity index is 232. The van der Waals surface area contributed by atoms with Gasteiger partial charge in [0.15, 0.2) is 0 Å². The summed E-state index contributed by atoms with van der Waals surface area (Å²) in [6.45, 7) is 14.8. The quantitative estimate of drug-likeness (QED) is 0.619. The van der Waals surface area contributed by atoms with E-state index in [2.05, 4.69) is 37.9 Å². The second kappa shape index (κ2) is 10.2. The van der Waals surface area contributed by atoms with Crippen LogP contribution in [0.5, 0.6) is 0 Å². The van der Waals surface area contributed by atoms with Gasteiger partial charge in [-0.05, 0) is 24.8 Å². The van der Waals surface area contributed by atoms with E-state index >= 15 is 0 Å². The van der Waals surface area contributed by atoms with Crippen LogP contribution >= 0.6 is 0 Å². The molecule has 1 atom stereocenters. The molecule has 0 saturated heterocycles. The molecular weight excluding hydrogens is 240 g/mol. The SMILES string of the molecule is CCNC(CCN(CC(C)C)CC(C)C)C(=O)OC. The zero-order valence-electron chi connectivity index (χ0n) is 13.5. The molecule has 4 heteroatoms. The predicted molar refractivity (Wildman–Crippen MR) is 80.2 cm³/mol. The molecule has 0 aromatic carbocycles. The van der Waals surface area contributed by atoms with E-state index in [1.165, 1.54) is 7.11 Å². The number of ether oxygens (including phenoxy) is 1. The third-order valence-corrected chi connectivity index (χ3v) is 2.92. The number of hydrogen-bond donors (Lipinski definition) is 1. The number of nitrogens with zero attached hydrogens (tertiary/aromatic N) is 1. The van der Waals surface area contributed by atoms with Crippen LogP contribution in [0.2, 0.25) is 0 Å². The fraction of sp³-hybridized carbons (Fsp3) is 0.933. The van der Waals surface area contributed by atoms with Gasteiger partial charge in [0.2, 0.25) is 0 Å². The van der Waals surface area contributed by atoms with Gasteiger partial charge in [-0.25, -0.2) is 0 Å². The zero-order chi connectivity index (χ0) is 14.8. The highest BCUT2D eigenvalue weighted by atomic mass is 16.5. The first-order valence-electron chi connectivity index (χ1n) is 7.44. The maximum atomic E-state index is 11.7. The third-order valence-electron chi connectivity index (χ3n) is 2.92. The lowest BCUT2D eigenvalue weighted by molar-refractivity contribution is -0.143. The molecule has 0 amide bonds. The molecular formula is C15H32N2O2. The van der Waals surface area contributed by atoms with Gasteiger partial charge in [-0.1, -0.05) is 34.6 Å². The highest BCUT2D eigenvalue weighted by Crippen LogP contribution is 2.06. The first-order chi connectivity index (χ1) is 8.90. The average molecular weight is 272 g/mol. The highest BCUT2D eigenvalue weighted by molar-refractivity contribution is 5.75. The maximum absolute atomic E-state index is 11.7. The van der Waals surface area contributed by atoms with Crippen molar-refractivity contribution in [3.8, 4) is 0 Å². The van der Waals surface area contributed by atoms with Crippen LogP contribution in [0.3, 0.4) is 0 Å². The van der Waals surface area contributed by atoms with Gasteiger partial charge in [-0.2, -0.15) is 0 Å². The lowest BCUT2D eigenvalue weighted by Crippen LogP contribution is -2.42. The van der Waals surface area contributed by atoms with Gasteiger partial charge in [0.1, 0.15) is 6.04 Å². The van der Waals surface area contributed by atoms with E-state index in [-0.39, 0.29) is 12.0 Å². The Labute approximate surface area is 118 Å². The Morgan fingerprint density at radius 2 is 1.68 bits per heavy atom. The first kappa shape index (κ1) is 18.4. The topological polar surface area (TPSA) is 41.6 Å². The maximum Gasteiger partial charge on any atom is 0.322 e. The minimum absolute atomic E-state index is 0.157. The van der Waals surface area contributed by atoms with E-state index in [0.717, 1.165) is 32.6 Å². The first-order valence-corrected chi connectivity index (χ1v) is 7.44. The number of likely N-dealkylation sites (N-methyl/N-ethyl adjacent to an activating group) is 1. The molecule has 0 saturated carbocycles. The number of carbonyl (C=O) groups is 1. The van der Waals surface area contributed by atoms with Crippen LogP contribution in [0.15, 0.2) is 0 Å². The lowest BCUT2D eigenvalue weighted by atomic mass is 10.1. The number of rotatable bonds is 10. The molecule has 4 nitrogen and oxygen atoms in total. The molecule has 0 aliphatic carbocycles. The molecule has 1 N–H and O–H groups in total. The van der Waals surface area contributed by atoms with Crippen molar-refractivity contribution in [3.05, 3.63) is 0 Å². The van der Waals surface area contributed by atoms with E-state index in [9.17, 15) is 4.79 Å². The van der Waals surface area contributed by atoms with Crippen molar-refractivity contribution < 1.29 is 9.53 Å². The molecule has 0 heterocycles. The second-order valence-electron chi connectivity index (χ2n) is 5.97. The molecule has 0 bridgehead atoms. The summed E-state index contributed by atoms with van der Waals surface area (Å²) in [7, 11) is 1.45. The summed E-state index contributed by atoms with van der Waals surface area (Å²) in [5, 5.41) is 3.19. The summed E-state index contributed by atoms with van der Waals surface area (Å²) in [6, 6.07) is -0.183. The van der Waals surface area contributed by atoms with Crippen molar-refractivity contribution in [2.24, 2.45) is 11.8 Å². The highest BCUT2D eigenvalue weighted by Gasteiger charge is 2.19. The fourth-order valence-corrected chi connectivity index (χ4v) is 2.29. The summed E-state index contributed by atoms with van der Waals surface area (Å²) < 4.78 is 4.84. The molecule has 0 aromatic rings. The largest absolute Gasteiger partial charge is 0.468 e. The summed E-state index contributed by atoms with van der Waals surface area (Å²) >= 11 is 0. The Morgan fingerprint density at radius 1 is 1.16 bits per heavy atom. The standard InChI is InChI=1S/C15H32N2O2/c1-7-16-14(15(18)19-6)8-9-17(10-12(2)3)11-13(4)5/h12-14,16H,7-11H2,1-6H3. The Kier molecular flexibility index (Phi) is 9.88. The normalized spacial score (nSPS) is 13.3. The van der Waals surface area contributed by atoms with Crippen molar-refractivity contribution >= 4 is 5.97 Å². The van der Waals surface area contributed by atoms with Crippen molar-refractivity contribution in [2.75, 3.05) is 33.3 Å². The van der Waals surface area contributed by atoms with Crippen molar-refractivity contribution in [2.45, 2.75) is 47.1 Å². The summed E-state index contributed by atoms with van der Waals surface area (Å²) in [6.07, 6.45) is 0.806. The van der Waals surface area contributed by atoms with Crippen molar-refractivity contribution in [1.29, 1.82) is 0 Å². The van der Waals surface area contributed by atoms with Gasteiger partial charge < -0.3 is 15.0 Å². The Hall–Kier alpha value is -0.610. The van der Waals surface area contributed by atoms with E-state index in [0.29, 0.717) is 11.8 Å². The summed E-state index contributed by atoms with van der Waals surface area (Å²) in [4.78, 5) is 14.1. The molecule has 0 aromatic heterocycles. The Balaban J connectivity index is 4.34. The number of methoxy groups -OCH3 is 1. The smallest absolute Gasteiger partial charge is 0.322 e. The van der Waals surface area contributed by atoms with Gasteiger partial charge in [0.05, 0.1) is 7.11 Å². The second-order valence-corrected chi connectivity index (χ2v) is 5.97. The molecule has 0 radical (unpaired) electrons. The number of nitrogens with one attached hydrogen (secondary N) is 1. The van der Waals surface area contributed by atoms with Crippen LogP contribution in [-0.2, 0) is 9.53 Å². The molecule has 1 unspecified atom stereocenters. The van der Waals surface area contributed by atoms with Crippen LogP contribution in [0.4, 0.5) is 0 Å². The zero-order valence-corrected chi connectivity index (χ0v) is 13.5. The van der Waals surface area contributed by atoms with Gasteiger partial charge in [-0.15, -0.1) is 0 Å². The van der Waals surface area contributed by atoms with Crippen LogP contribution < -0.4 is 5.32 Å². The fourth-order valence-electron chi connectivity index (χ4n) is 2.29. The molecule has 0 spiro atoms. The van der Waals surface area contributed by atoms with Crippen LogP contribution in [0, 0.1) is 11.8 Å². The summed E-state index contributed by atoms with van der Waals surface area (Å²) in [5.74, 6) is 1.14. The van der Waals surface area contributed by atoms with E-state index in [1.807, 2.05) is 6.92 Å². The minimum atomic E-state index is -0.183. The van der Waals surface area contributed by atoms with Gasteiger partial charge in [-0.3, -0.25) is 4.79 Å². The van der Waals surface area contributed by atoms with Gasteiger partial charge in [0, 0.05) is 19.6 Å². The van der Waals surface area contributed by atoms with Gasteiger partial charge in [0.25, 0.3) is 0 Å². The Morgan fingerprint density at radius 3 is 2.05 bits per heavy atom. The molecule has 0 fully saturated rings. The number of carbonyl (C=O) groups excluding carboxylic acids is 1. The molecule has 0 rings (SSSR count). The van der Waals surface area contributed by atoms with E-state index in [4.69, 9.17) is 4.74 Å². The van der Waals surface area contributed by atoms with Crippen molar-refractivity contribution in [1.82, 2.24) is 10.2 Å². The lowest BCUT2D eigenvalue weighted by Gasteiger charge is -2.27. The van der Waals surface area contributed by atoms with Crippen molar-refractivity contribution in [3.63, 3.8) is 0 Å². The molecule has 0 aliphatic heterocycles. The van der Waals surface area contributed by atoms with Crippen LogP contribution in [0.25, 0.3) is 0 Å².